The molecule has 0 aromatic rings. The van der Waals surface area contributed by atoms with Crippen LogP contribution in [-0.4, -0.2) is 29.2 Å². The average molecular weight is 242 g/mol. The number of carboxylic acid groups (broad SMARTS) is 1. The molecule has 2 amide bonds. The summed E-state index contributed by atoms with van der Waals surface area (Å²) in [6, 6.07) is -1.30. The van der Waals surface area contributed by atoms with Crippen molar-refractivity contribution in [2.24, 2.45) is 0 Å². The molecule has 0 heterocycles. The second kappa shape index (κ2) is 8.61. The van der Waals surface area contributed by atoms with E-state index in [1.165, 1.54) is 6.08 Å². The molecule has 5 heteroatoms. The number of unbranched alkanes of at least 4 members (excludes halogenated alkanes) is 1. The normalized spacial score (nSPS) is 13.5. The molecule has 0 aliphatic heterocycles. The molecule has 0 aliphatic carbocycles. The van der Waals surface area contributed by atoms with Crippen LogP contribution in [0.1, 0.15) is 39.5 Å². The Morgan fingerprint density at radius 1 is 1.41 bits per heavy atom. The van der Waals surface area contributed by atoms with E-state index in [1.54, 1.807) is 0 Å². The van der Waals surface area contributed by atoms with Crippen molar-refractivity contribution in [2.45, 2.75) is 51.6 Å². The van der Waals surface area contributed by atoms with E-state index in [9.17, 15) is 9.59 Å². The number of carbonyl (C=O) groups is 2. The number of rotatable bonds is 8. The van der Waals surface area contributed by atoms with Gasteiger partial charge in [0.05, 0.1) is 0 Å². The number of carbonyl (C=O) groups excluding carboxylic acids is 1. The maximum absolute atomic E-state index is 11.5. The van der Waals surface area contributed by atoms with Gasteiger partial charge in [-0.05, 0) is 19.8 Å². The van der Waals surface area contributed by atoms with Gasteiger partial charge in [-0.3, -0.25) is 0 Å². The van der Waals surface area contributed by atoms with Crippen LogP contribution in [0, 0.1) is 0 Å². The van der Waals surface area contributed by atoms with Gasteiger partial charge in [-0.2, -0.15) is 0 Å². The van der Waals surface area contributed by atoms with E-state index in [2.05, 4.69) is 24.1 Å². The fourth-order valence-electron chi connectivity index (χ4n) is 1.39. The van der Waals surface area contributed by atoms with Gasteiger partial charge >= 0.3 is 12.0 Å². The Bertz CT molecular complexity index is 266. The fourth-order valence-corrected chi connectivity index (χ4v) is 1.39. The maximum atomic E-state index is 11.5. The third-order valence-corrected chi connectivity index (χ3v) is 2.37. The number of carboxylic acids is 1. The molecule has 98 valence electrons. The Hall–Kier alpha value is -1.52. The molecule has 2 unspecified atom stereocenters. The van der Waals surface area contributed by atoms with Crippen molar-refractivity contribution in [2.75, 3.05) is 0 Å². The van der Waals surface area contributed by atoms with Crippen LogP contribution in [0.25, 0.3) is 0 Å². The summed E-state index contributed by atoms with van der Waals surface area (Å²) in [6.07, 6.45) is 4.69. The summed E-state index contributed by atoms with van der Waals surface area (Å²) in [4.78, 5) is 22.3. The predicted molar refractivity (Wildman–Crippen MR) is 66.9 cm³/mol. The van der Waals surface area contributed by atoms with E-state index in [-0.39, 0.29) is 12.5 Å². The molecule has 3 N–H and O–H groups in total. The minimum Gasteiger partial charge on any atom is -0.480 e. The molecule has 0 aromatic heterocycles. The smallest absolute Gasteiger partial charge is 0.326 e. The number of nitrogens with one attached hydrogen (secondary N) is 2. The molecule has 0 bridgehead atoms. The van der Waals surface area contributed by atoms with Crippen LogP contribution in [0.3, 0.4) is 0 Å². The summed E-state index contributed by atoms with van der Waals surface area (Å²) in [5.74, 6) is -1.05. The van der Waals surface area contributed by atoms with Crippen molar-refractivity contribution in [3.05, 3.63) is 12.7 Å². The van der Waals surface area contributed by atoms with Crippen molar-refractivity contribution in [1.82, 2.24) is 10.6 Å². The monoisotopic (exact) mass is 242 g/mol. The van der Waals surface area contributed by atoms with Crippen LogP contribution in [-0.2, 0) is 4.79 Å². The molecular weight excluding hydrogens is 220 g/mol. The predicted octanol–water partition coefficient (Wildman–Crippen LogP) is 1.89. The van der Waals surface area contributed by atoms with E-state index in [1.807, 2.05) is 6.92 Å². The Labute approximate surface area is 102 Å². The first-order chi connectivity index (χ1) is 8.01. The van der Waals surface area contributed by atoms with Gasteiger partial charge in [-0.25, -0.2) is 9.59 Å². The third kappa shape index (κ3) is 7.38. The lowest BCUT2D eigenvalue weighted by molar-refractivity contribution is -0.139. The molecule has 0 saturated carbocycles. The summed E-state index contributed by atoms with van der Waals surface area (Å²) in [7, 11) is 0. The zero-order valence-electron chi connectivity index (χ0n) is 10.5. The highest BCUT2D eigenvalue weighted by Crippen LogP contribution is 1.99. The van der Waals surface area contributed by atoms with Crippen LogP contribution in [0.15, 0.2) is 12.7 Å². The lowest BCUT2D eigenvalue weighted by Gasteiger charge is -2.17. The van der Waals surface area contributed by atoms with Crippen molar-refractivity contribution >= 4 is 12.0 Å². The van der Waals surface area contributed by atoms with Crippen LogP contribution in [0.5, 0.6) is 0 Å². The van der Waals surface area contributed by atoms with Gasteiger partial charge in [-0.15, -0.1) is 6.58 Å². The van der Waals surface area contributed by atoms with Crippen LogP contribution in [0.2, 0.25) is 0 Å². The van der Waals surface area contributed by atoms with Crippen molar-refractivity contribution in [3.8, 4) is 0 Å². The molecule has 0 radical (unpaired) electrons. The Morgan fingerprint density at radius 2 is 2.06 bits per heavy atom. The second-order valence-corrected chi connectivity index (χ2v) is 4.08. The molecule has 0 aromatic carbocycles. The van der Waals surface area contributed by atoms with Gasteiger partial charge in [0, 0.05) is 6.04 Å². The molecule has 0 rings (SSSR count). The molecule has 0 fully saturated rings. The highest BCUT2D eigenvalue weighted by molar-refractivity contribution is 5.82. The maximum Gasteiger partial charge on any atom is 0.326 e. The van der Waals surface area contributed by atoms with E-state index in [0.717, 1.165) is 19.3 Å². The number of hydrogen-bond acceptors (Lipinski definition) is 2. The highest BCUT2D eigenvalue weighted by atomic mass is 16.4. The zero-order chi connectivity index (χ0) is 13.3. The van der Waals surface area contributed by atoms with Crippen molar-refractivity contribution < 1.29 is 14.7 Å². The second-order valence-electron chi connectivity index (χ2n) is 4.08. The number of hydrogen-bond donors (Lipinski definition) is 3. The third-order valence-electron chi connectivity index (χ3n) is 2.37. The van der Waals surface area contributed by atoms with Gasteiger partial charge in [0.15, 0.2) is 0 Å². The van der Waals surface area contributed by atoms with E-state index >= 15 is 0 Å². The topological polar surface area (TPSA) is 78.4 Å². The summed E-state index contributed by atoms with van der Waals surface area (Å²) in [6.45, 7) is 7.44. The molecule has 2 atom stereocenters. The standard InChI is InChI=1S/C12H22N2O3/c1-4-6-8-9(3)13-12(17)14-10(7-5-2)11(15)16/h5,9-10H,2,4,6-8H2,1,3H3,(H,15,16)(H2,13,14,17). The van der Waals surface area contributed by atoms with Crippen LogP contribution < -0.4 is 10.6 Å². The summed E-state index contributed by atoms with van der Waals surface area (Å²) in [5.41, 5.74) is 0. The highest BCUT2D eigenvalue weighted by Gasteiger charge is 2.18. The largest absolute Gasteiger partial charge is 0.480 e. The number of amides is 2. The quantitative estimate of drug-likeness (QED) is 0.569. The van der Waals surface area contributed by atoms with Crippen LogP contribution in [0.4, 0.5) is 4.79 Å². The molecule has 0 aliphatic rings. The first-order valence-electron chi connectivity index (χ1n) is 5.92. The number of aliphatic carboxylic acids is 1. The molecule has 17 heavy (non-hydrogen) atoms. The van der Waals surface area contributed by atoms with Gasteiger partial charge in [0.2, 0.25) is 0 Å². The number of urea groups is 1. The van der Waals surface area contributed by atoms with Crippen LogP contribution >= 0.6 is 0 Å². The van der Waals surface area contributed by atoms with Crippen molar-refractivity contribution in [3.63, 3.8) is 0 Å². The van der Waals surface area contributed by atoms with E-state index < -0.39 is 18.0 Å². The van der Waals surface area contributed by atoms with Gasteiger partial charge < -0.3 is 15.7 Å². The average Bonchev–Trinajstić information content (AvgIpc) is 2.25. The van der Waals surface area contributed by atoms with E-state index in [4.69, 9.17) is 5.11 Å². The molecule has 0 saturated heterocycles. The minimum absolute atomic E-state index is 0.0492. The first kappa shape index (κ1) is 15.5. The van der Waals surface area contributed by atoms with Gasteiger partial charge in [-0.1, -0.05) is 25.8 Å². The minimum atomic E-state index is -1.05. The summed E-state index contributed by atoms with van der Waals surface area (Å²) >= 11 is 0. The zero-order valence-corrected chi connectivity index (χ0v) is 10.5. The molecular formula is C12H22N2O3. The van der Waals surface area contributed by atoms with Crippen molar-refractivity contribution in [1.29, 1.82) is 0 Å². The Kier molecular flexibility index (Phi) is 7.84. The fraction of sp³-hybridized carbons (Fsp3) is 0.667. The summed E-state index contributed by atoms with van der Waals surface area (Å²) in [5, 5.41) is 14.0. The SMILES string of the molecule is C=CCC(NC(=O)NC(C)CCCC)C(=O)O. The Morgan fingerprint density at radius 3 is 2.53 bits per heavy atom. The molecule has 0 spiro atoms. The lowest BCUT2D eigenvalue weighted by Crippen LogP contribution is -2.48. The van der Waals surface area contributed by atoms with Gasteiger partial charge in [0.25, 0.3) is 0 Å². The molecule has 5 nitrogen and oxygen atoms in total. The van der Waals surface area contributed by atoms with Gasteiger partial charge in [0.1, 0.15) is 6.04 Å². The Balaban J connectivity index is 4.04. The van der Waals surface area contributed by atoms with E-state index in [0.29, 0.717) is 0 Å². The lowest BCUT2D eigenvalue weighted by atomic mass is 10.1. The first-order valence-corrected chi connectivity index (χ1v) is 5.92. The summed E-state index contributed by atoms with van der Waals surface area (Å²) < 4.78 is 0.